The first-order valence-corrected chi connectivity index (χ1v) is 7.60. The first-order chi connectivity index (χ1) is 8.99. The summed E-state index contributed by atoms with van der Waals surface area (Å²) in [6, 6.07) is 0. The number of hydrogen-bond acceptors (Lipinski definition) is 4. The molecule has 0 saturated carbocycles. The van der Waals surface area contributed by atoms with Crippen molar-refractivity contribution in [2.75, 3.05) is 18.8 Å². The molecule has 1 aliphatic heterocycles. The van der Waals surface area contributed by atoms with Crippen LogP contribution in [0.2, 0.25) is 0 Å². The number of nitrogens with zero attached hydrogens (tertiary/aromatic N) is 1. The number of likely N-dealkylation sites (tertiary alicyclic amines) is 1. The lowest BCUT2D eigenvalue weighted by atomic mass is 10.1. The highest BCUT2D eigenvalue weighted by Gasteiger charge is 2.29. The molecule has 1 heterocycles. The quantitative estimate of drug-likeness (QED) is 0.689. The van der Waals surface area contributed by atoms with E-state index in [-0.39, 0.29) is 23.4 Å². The summed E-state index contributed by atoms with van der Waals surface area (Å²) in [7, 11) is 0. The predicted molar refractivity (Wildman–Crippen MR) is 73.9 cm³/mol. The van der Waals surface area contributed by atoms with E-state index in [2.05, 4.69) is 0 Å². The number of carboxylic acid groups (broad SMARTS) is 1. The maximum Gasteiger partial charge on any atom is 0.303 e. The van der Waals surface area contributed by atoms with Crippen LogP contribution < -0.4 is 0 Å². The Bertz CT molecular complexity index is 346. The number of carbonyl (C=O) groups excluding carboxylic acids is 2. The van der Waals surface area contributed by atoms with Gasteiger partial charge >= 0.3 is 5.97 Å². The van der Waals surface area contributed by atoms with Gasteiger partial charge in [-0.3, -0.25) is 14.4 Å². The Kier molecular flexibility index (Phi) is 6.91. The number of rotatable bonds is 8. The maximum absolute atomic E-state index is 11.7. The topological polar surface area (TPSA) is 74.7 Å². The summed E-state index contributed by atoms with van der Waals surface area (Å²) in [5.41, 5.74) is 0. The van der Waals surface area contributed by atoms with E-state index in [1.54, 1.807) is 6.92 Å². The molecule has 5 nitrogen and oxygen atoms in total. The molecule has 19 heavy (non-hydrogen) atoms. The van der Waals surface area contributed by atoms with E-state index < -0.39 is 5.97 Å². The molecule has 0 aromatic carbocycles. The molecule has 1 fully saturated rings. The van der Waals surface area contributed by atoms with Crippen molar-refractivity contribution in [1.29, 1.82) is 0 Å². The van der Waals surface area contributed by atoms with Gasteiger partial charge < -0.3 is 10.0 Å². The van der Waals surface area contributed by atoms with Crippen molar-refractivity contribution >= 4 is 28.8 Å². The van der Waals surface area contributed by atoms with Crippen LogP contribution in [0.15, 0.2) is 0 Å². The number of carboxylic acids is 1. The van der Waals surface area contributed by atoms with Gasteiger partial charge in [0.15, 0.2) is 5.12 Å². The summed E-state index contributed by atoms with van der Waals surface area (Å²) in [5, 5.41) is 8.61. The van der Waals surface area contributed by atoms with E-state index in [0.717, 1.165) is 25.1 Å². The van der Waals surface area contributed by atoms with E-state index in [0.29, 0.717) is 19.4 Å². The zero-order valence-corrected chi connectivity index (χ0v) is 12.1. The first-order valence-electron chi connectivity index (χ1n) is 6.62. The summed E-state index contributed by atoms with van der Waals surface area (Å²) in [4.78, 5) is 34.8. The average molecular weight is 287 g/mol. The molecule has 1 rings (SSSR count). The number of aliphatic carboxylic acids is 1. The van der Waals surface area contributed by atoms with Crippen LogP contribution >= 0.6 is 11.8 Å². The molecule has 0 bridgehead atoms. The molecule has 108 valence electrons. The van der Waals surface area contributed by atoms with Crippen LogP contribution in [0.3, 0.4) is 0 Å². The smallest absolute Gasteiger partial charge is 0.303 e. The Balaban J connectivity index is 2.15. The van der Waals surface area contributed by atoms with Gasteiger partial charge in [-0.05, 0) is 18.8 Å². The summed E-state index contributed by atoms with van der Waals surface area (Å²) >= 11 is 1.28. The number of thioether (sulfide) groups is 1. The van der Waals surface area contributed by atoms with Gasteiger partial charge in [0.1, 0.15) is 0 Å². The third-order valence-electron chi connectivity index (χ3n) is 3.14. The van der Waals surface area contributed by atoms with Crippen LogP contribution in [0.5, 0.6) is 0 Å². The summed E-state index contributed by atoms with van der Waals surface area (Å²) in [6.45, 7) is 2.99. The van der Waals surface area contributed by atoms with Gasteiger partial charge in [0.25, 0.3) is 0 Å². The highest BCUT2D eigenvalue weighted by molar-refractivity contribution is 8.13. The van der Waals surface area contributed by atoms with Gasteiger partial charge in [-0.25, -0.2) is 0 Å². The molecule has 0 aliphatic carbocycles. The lowest BCUT2D eigenvalue weighted by molar-refractivity contribution is -0.137. The van der Waals surface area contributed by atoms with Gasteiger partial charge in [0.2, 0.25) is 5.91 Å². The number of amides is 1. The lowest BCUT2D eigenvalue weighted by Gasteiger charge is -2.16. The molecule has 0 radical (unpaired) electrons. The van der Waals surface area contributed by atoms with Crippen molar-refractivity contribution < 1.29 is 19.5 Å². The third kappa shape index (κ3) is 6.61. The van der Waals surface area contributed by atoms with Crippen LogP contribution in [-0.4, -0.2) is 45.8 Å². The maximum atomic E-state index is 11.7. The van der Waals surface area contributed by atoms with E-state index in [4.69, 9.17) is 5.11 Å². The molecule has 0 aromatic heterocycles. The fourth-order valence-electron chi connectivity index (χ4n) is 2.17. The van der Waals surface area contributed by atoms with Crippen molar-refractivity contribution in [2.45, 2.75) is 39.0 Å². The van der Waals surface area contributed by atoms with Crippen molar-refractivity contribution in [2.24, 2.45) is 5.92 Å². The molecule has 1 unspecified atom stereocenters. The second-order valence-electron chi connectivity index (χ2n) is 4.92. The van der Waals surface area contributed by atoms with Crippen LogP contribution in [0, 0.1) is 5.92 Å². The van der Waals surface area contributed by atoms with E-state index in [9.17, 15) is 14.4 Å². The molecular formula is C13H21NO4S. The Labute approximate surface area is 117 Å². The molecular weight excluding hydrogens is 266 g/mol. The Morgan fingerprint density at radius 3 is 2.74 bits per heavy atom. The molecule has 1 aliphatic rings. The van der Waals surface area contributed by atoms with Crippen LogP contribution in [0.1, 0.15) is 39.0 Å². The van der Waals surface area contributed by atoms with Crippen molar-refractivity contribution in [3.63, 3.8) is 0 Å². The summed E-state index contributed by atoms with van der Waals surface area (Å²) in [5.74, 6) is 0.391. The van der Waals surface area contributed by atoms with Gasteiger partial charge in [-0.2, -0.15) is 0 Å². The molecule has 6 heteroatoms. The molecule has 1 N–H and O–H groups in total. The highest BCUT2D eigenvalue weighted by Crippen LogP contribution is 2.22. The number of carbonyl (C=O) groups is 3. The minimum atomic E-state index is -0.765. The third-order valence-corrected chi connectivity index (χ3v) is 4.18. The standard InChI is InChI=1S/C13H21NO4S/c1-10(15)19-9-11-7-12(16)14(8-11)6-4-2-3-5-13(17)18/h11H,2-9H2,1H3,(H,17,18). The Morgan fingerprint density at radius 1 is 1.37 bits per heavy atom. The number of hydrogen-bond donors (Lipinski definition) is 1. The lowest BCUT2D eigenvalue weighted by Crippen LogP contribution is -2.26. The van der Waals surface area contributed by atoms with E-state index >= 15 is 0 Å². The highest BCUT2D eigenvalue weighted by atomic mass is 32.2. The molecule has 0 aromatic rings. The van der Waals surface area contributed by atoms with Crippen LogP contribution in [-0.2, 0) is 14.4 Å². The monoisotopic (exact) mass is 287 g/mol. The zero-order chi connectivity index (χ0) is 14.3. The molecule has 1 amide bonds. The van der Waals surface area contributed by atoms with Crippen molar-refractivity contribution in [3.8, 4) is 0 Å². The largest absolute Gasteiger partial charge is 0.481 e. The molecule has 1 atom stereocenters. The summed E-state index contributed by atoms with van der Waals surface area (Å²) < 4.78 is 0. The Hall–Kier alpha value is -1.04. The second kappa shape index (κ2) is 8.19. The fourth-order valence-corrected chi connectivity index (χ4v) is 2.87. The predicted octanol–water partition coefficient (Wildman–Crippen LogP) is 1.76. The SMILES string of the molecule is CC(=O)SCC1CC(=O)N(CCCCCC(=O)O)C1. The van der Waals surface area contributed by atoms with Crippen LogP contribution in [0.25, 0.3) is 0 Å². The summed E-state index contributed by atoms with van der Waals surface area (Å²) in [6.07, 6.45) is 3.09. The minimum absolute atomic E-state index is 0.0968. The van der Waals surface area contributed by atoms with E-state index in [1.807, 2.05) is 4.90 Å². The van der Waals surface area contributed by atoms with E-state index in [1.165, 1.54) is 11.8 Å². The zero-order valence-electron chi connectivity index (χ0n) is 11.3. The van der Waals surface area contributed by atoms with Gasteiger partial charge in [-0.1, -0.05) is 18.2 Å². The first kappa shape index (κ1) is 16.0. The van der Waals surface area contributed by atoms with Gasteiger partial charge in [0.05, 0.1) is 0 Å². The second-order valence-corrected chi connectivity index (χ2v) is 6.11. The van der Waals surface area contributed by atoms with Crippen molar-refractivity contribution in [3.05, 3.63) is 0 Å². The minimum Gasteiger partial charge on any atom is -0.481 e. The fraction of sp³-hybridized carbons (Fsp3) is 0.769. The van der Waals surface area contributed by atoms with Gasteiger partial charge in [0, 0.05) is 38.6 Å². The molecule has 1 saturated heterocycles. The normalized spacial score (nSPS) is 18.9. The van der Waals surface area contributed by atoms with Crippen LogP contribution in [0.4, 0.5) is 0 Å². The van der Waals surface area contributed by atoms with Crippen molar-refractivity contribution in [1.82, 2.24) is 4.90 Å². The van der Waals surface area contributed by atoms with Gasteiger partial charge in [-0.15, -0.1) is 0 Å². The Morgan fingerprint density at radius 2 is 2.11 bits per heavy atom. The molecule has 0 spiro atoms. The average Bonchev–Trinajstić information content (AvgIpc) is 2.67. The number of unbranched alkanes of at least 4 members (excludes halogenated alkanes) is 2.